The molecule has 0 fully saturated rings. The molecule has 1 aromatic carbocycles. The zero-order valence-corrected chi connectivity index (χ0v) is 15.2. The molecule has 28 heavy (non-hydrogen) atoms. The largest absolute Gasteiger partial charge is 0.435 e. The van der Waals surface area contributed by atoms with Crippen LogP contribution in [0.25, 0.3) is 0 Å². The Bertz CT molecular complexity index is 799. The van der Waals surface area contributed by atoms with Crippen LogP contribution in [0, 0.1) is 12.2 Å². The van der Waals surface area contributed by atoms with Crippen LogP contribution in [-0.2, 0) is 3.42 Å². The predicted octanol–water partition coefficient (Wildman–Crippen LogP) is 6.92. The molecule has 0 heterocycles. The Balaban J connectivity index is 2.83. The van der Waals surface area contributed by atoms with Crippen molar-refractivity contribution >= 4 is 22.6 Å². The first-order valence-corrected chi connectivity index (χ1v) is 8.16. The van der Waals surface area contributed by atoms with E-state index < -0.39 is 56.2 Å². The van der Waals surface area contributed by atoms with Gasteiger partial charge in [0.25, 0.3) is 0 Å². The van der Waals surface area contributed by atoms with Crippen molar-refractivity contribution in [2.45, 2.75) is 27.6 Å². The Labute approximate surface area is 164 Å². The summed E-state index contributed by atoms with van der Waals surface area (Å²) < 4.78 is 143. The number of allylic oxidation sites excluding steroid dienone is 4. The summed E-state index contributed by atoms with van der Waals surface area (Å²) >= 11 is 1.03. The van der Waals surface area contributed by atoms with Gasteiger partial charge < -0.3 is 0 Å². The van der Waals surface area contributed by atoms with Gasteiger partial charge in [0, 0.05) is 23.1 Å². The van der Waals surface area contributed by atoms with Crippen molar-refractivity contribution in [3.05, 3.63) is 65.4 Å². The minimum absolute atomic E-state index is 0.0117. The molecule has 0 aromatic heterocycles. The molecule has 0 spiro atoms. The fraction of sp³-hybridized carbons (Fsp3) is 0.312. The second-order valence-electron chi connectivity index (χ2n) is 5.74. The average Bonchev–Trinajstić information content (AvgIpc) is 2.50. The van der Waals surface area contributed by atoms with E-state index in [1.807, 2.05) is 0 Å². The first kappa shape index (κ1) is 22.9. The van der Waals surface area contributed by atoms with Crippen molar-refractivity contribution in [3.8, 4) is 0 Å². The number of hydrogen-bond donors (Lipinski definition) is 0. The van der Waals surface area contributed by atoms with Gasteiger partial charge in [-0.05, 0) is 12.1 Å². The smallest absolute Gasteiger partial charge is 0.218 e. The molecule has 2 rings (SSSR count). The summed E-state index contributed by atoms with van der Waals surface area (Å²) in [4.78, 5) is 0. The molecule has 1 atom stereocenters. The van der Waals surface area contributed by atoms with Crippen LogP contribution < -0.4 is 0 Å². The number of halogens is 12. The first-order chi connectivity index (χ1) is 12.4. The van der Waals surface area contributed by atoms with Crippen molar-refractivity contribution < 1.29 is 48.3 Å². The summed E-state index contributed by atoms with van der Waals surface area (Å²) in [6.45, 7) is 0. The minimum atomic E-state index is -6.62. The zero-order chi connectivity index (χ0) is 21.8. The van der Waals surface area contributed by atoms with Crippen LogP contribution in [0.5, 0.6) is 0 Å². The van der Waals surface area contributed by atoms with Gasteiger partial charge in [-0.3, -0.25) is 0 Å². The van der Waals surface area contributed by atoms with Crippen LogP contribution in [0.15, 0.2) is 47.6 Å². The molecular formula is C16H7F11I. The van der Waals surface area contributed by atoms with Crippen LogP contribution in [0.2, 0.25) is 0 Å². The van der Waals surface area contributed by atoms with Crippen LogP contribution in [-0.4, -0.2) is 24.2 Å². The Hall–Kier alpha value is -1.34. The van der Waals surface area contributed by atoms with Crippen LogP contribution in [0.3, 0.4) is 0 Å². The second-order valence-corrected chi connectivity index (χ2v) is 7.53. The second kappa shape index (κ2) is 6.87. The standard InChI is InChI=1S/C16H7F11I/c17-11-4-2-1-3-10(11)12(28)6-8(5-9(7-12)14(19,20)21)13(18,15(22,23)24)16(25,26)27/h1-7H. The Morgan fingerprint density at radius 3 is 1.68 bits per heavy atom. The third-order valence-corrected chi connectivity index (χ3v) is 5.04. The van der Waals surface area contributed by atoms with Gasteiger partial charge in [0.05, 0.1) is 3.42 Å². The summed E-state index contributed by atoms with van der Waals surface area (Å²) in [7, 11) is 0. The molecule has 0 amide bonds. The van der Waals surface area contributed by atoms with E-state index in [9.17, 15) is 48.3 Å². The van der Waals surface area contributed by atoms with E-state index in [0.29, 0.717) is 0 Å². The highest BCUT2D eigenvalue weighted by molar-refractivity contribution is 14.1. The summed E-state index contributed by atoms with van der Waals surface area (Å²) in [5.74, 6) is -1.20. The van der Waals surface area contributed by atoms with Gasteiger partial charge in [0.15, 0.2) is 0 Å². The summed E-state index contributed by atoms with van der Waals surface area (Å²) in [5, 5.41) is 0. The average molecular weight is 535 g/mol. The van der Waals surface area contributed by atoms with Gasteiger partial charge in [-0.2, -0.15) is 39.5 Å². The number of hydrogen-bond acceptors (Lipinski definition) is 0. The Kier molecular flexibility index (Phi) is 5.63. The molecule has 1 aliphatic rings. The van der Waals surface area contributed by atoms with Gasteiger partial charge in [-0.15, -0.1) is 0 Å². The molecule has 1 radical (unpaired) electrons. The molecule has 0 N–H and O–H groups in total. The lowest BCUT2D eigenvalue weighted by molar-refractivity contribution is -0.325. The fourth-order valence-corrected chi connectivity index (χ4v) is 3.63. The predicted molar refractivity (Wildman–Crippen MR) is 84.6 cm³/mol. The van der Waals surface area contributed by atoms with Crippen molar-refractivity contribution in [1.82, 2.24) is 0 Å². The van der Waals surface area contributed by atoms with Gasteiger partial charge in [-0.25, -0.2) is 8.78 Å². The quantitative estimate of drug-likeness (QED) is 0.219. The number of alkyl halides is 11. The normalized spacial score (nSPS) is 22.0. The monoisotopic (exact) mass is 535 g/mol. The Morgan fingerprint density at radius 2 is 1.25 bits per heavy atom. The van der Waals surface area contributed by atoms with E-state index in [-0.39, 0.29) is 12.5 Å². The summed E-state index contributed by atoms with van der Waals surface area (Å²) in [6.07, 6.45) is -19.0. The lowest BCUT2D eigenvalue weighted by atomic mass is 9.79. The van der Waals surface area contributed by atoms with E-state index in [1.54, 1.807) is 0 Å². The van der Waals surface area contributed by atoms with Crippen molar-refractivity contribution in [1.29, 1.82) is 0 Å². The van der Waals surface area contributed by atoms with Crippen molar-refractivity contribution in [2.24, 2.45) is 0 Å². The zero-order valence-electron chi connectivity index (χ0n) is 13.1. The van der Waals surface area contributed by atoms with E-state index >= 15 is 0 Å². The Morgan fingerprint density at radius 1 is 0.750 bits per heavy atom. The lowest BCUT2D eigenvalue weighted by Gasteiger charge is -2.37. The topological polar surface area (TPSA) is 0 Å². The number of benzene rings is 1. The SMILES string of the molecule is Fc1ccccc1C1(I)[CH]C(C(F)(F)F)=CC(C(F)(C(F)(F)F)C(F)(F)F)=C1. The summed E-state index contributed by atoms with van der Waals surface area (Å²) in [5.41, 5.74) is -11.1. The molecule has 1 aliphatic carbocycles. The highest BCUT2D eigenvalue weighted by Crippen LogP contribution is 2.56. The van der Waals surface area contributed by atoms with E-state index in [0.717, 1.165) is 46.9 Å². The van der Waals surface area contributed by atoms with Crippen molar-refractivity contribution in [2.75, 3.05) is 0 Å². The maximum absolute atomic E-state index is 14.4. The van der Waals surface area contributed by atoms with Crippen LogP contribution >= 0.6 is 22.6 Å². The molecule has 12 heteroatoms. The molecule has 0 bridgehead atoms. The molecule has 1 unspecified atom stereocenters. The van der Waals surface area contributed by atoms with Crippen molar-refractivity contribution in [3.63, 3.8) is 0 Å². The maximum atomic E-state index is 14.4. The fourth-order valence-electron chi connectivity index (χ4n) is 2.52. The van der Waals surface area contributed by atoms with Crippen LogP contribution in [0.4, 0.5) is 48.3 Å². The third kappa shape index (κ3) is 3.88. The molecule has 1 aromatic rings. The van der Waals surface area contributed by atoms with E-state index in [4.69, 9.17) is 0 Å². The molecule has 155 valence electrons. The van der Waals surface area contributed by atoms with Gasteiger partial charge >= 0.3 is 24.2 Å². The van der Waals surface area contributed by atoms with E-state index in [2.05, 4.69) is 0 Å². The van der Waals surface area contributed by atoms with Crippen LogP contribution in [0.1, 0.15) is 5.56 Å². The summed E-state index contributed by atoms with van der Waals surface area (Å²) in [6, 6.07) is 3.84. The molecular weight excluding hydrogens is 528 g/mol. The first-order valence-electron chi connectivity index (χ1n) is 7.08. The third-order valence-electron chi connectivity index (χ3n) is 3.84. The molecule has 0 nitrogen and oxygen atoms in total. The van der Waals surface area contributed by atoms with E-state index in [1.165, 1.54) is 0 Å². The highest BCUT2D eigenvalue weighted by atomic mass is 127. The van der Waals surface area contributed by atoms with Gasteiger partial charge in [0.2, 0.25) is 0 Å². The van der Waals surface area contributed by atoms with Gasteiger partial charge in [0.1, 0.15) is 5.82 Å². The molecule has 0 aliphatic heterocycles. The molecule has 0 saturated heterocycles. The molecule has 0 saturated carbocycles. The minimum Gasteiger partial charge on any atom is -0.218 e. The van der Waals surface area contributed by atoms with Gasteiger partial charge in [-0.1, -0.05) is 46.9 Å². The maximum Gasteiger partial charge on any atom is 0.435 e. The highest BCUT2D eigenvalue weighted by Gasteiger charge is 2.74. The lowest BCUT2D eigenvalue weighted by Crippen LogP contribution is -2.55. The number of rotatable bonds is 2.